The lowest BCUT2D eigenvalue weighted by molar-refractivity contribution is -0.141. The number of rotatable bonds is 4. The SMILES string of the molecule is COC(=O)Cn1ccc(NC(=O)Nc2ccccc2C(F)(F)F)n1. The summed E-state index contributed by atoms with van der Waals surface area (Å²) in [6.07, 6.45) is -3.18. The van der Waals surface area contributed by atoms with Gasteiger partial charge in [-0.3, -0.25) is 14.8 Å². The van der Waals surface area contributed by atoms with Gasteiger partial charge in [-0.1, -0.05) is 12.1 Å². The van der Waals surface area contributed by atoms with Crippen molar-refractivity contribution in [2.24, 2.45) is 0 Å². The Bertz CT molecular complexity index is 743. The van der Waals surface area contributed by atoms with Crippen LogP contribution in [0.1, 0.15) is 5.56 Å². The van der Waals surface area contributed by atoms with Crippen LogP contribution in [0.2, 0.25) is 0 Å². The maximum atomic E-state index is 12.9. The molecule has 0 saturated heterocycles. The third-order valence-corrected chi connectivity index (χ3v) is 2.88. The van der Waals surface area contributed by atoms with Gasteiger partial charge in [-0.25, -0.2) is 4.79 Å². The number of aromatic nitrogens is 2. The first-order valence-corrected chi connectivity index (χ1v) is 6.64. The Balaban J connectivity index is 2.03. The zero-order chi connectivity index (χ0) is 17.7. The number of anilines is 2. The van der Waals surface area contributed by atoms with Crippen LogP contribution in [-0.4, -0.2) is 28.9 Å². The van der Waals surface area contributed by atoms with Crippen LogP contribution in [0.4, 0.5) is 29.5 Å². The molecule has 0 saturated carbocycles. The molecule has 2 rings (SSSR count). The molecule has 0 bridgehead atoms. The lowest BCUT2D eigenvalue weighted by atomic mass is 10.1. The minimum atomic E-state index is -4.59. The molecule has 0 spiro atoms. The van der Waals surface area contributed by atoms with Crippen LogP contribution in [0.5, 0.6) is 0 Å². The maximum absolute atomic E-state index is 12.9. The predicted molar refractivity (Wildman–Crippen MR) is 78.3 cm³/mol. The van der Waals surface area contributed by atoms with Crippen molar-refractivity contribution in [3.8, 4) is 0 Å². The summed E-state index contributed by atoms with van der Waals surface area (Å²) in [4.78, 5) is 22.9. The minimum Gasteiger partial charge on any atom is -0.468 e. The smallest absolute Gasteiger partial charge is 0.418 e. The molecular weight excluding hydrogens is 329 g/mol. The molecule has 0 atom stereocenters. The highest BCUT2D eigenvalue weighted by atomic mass is 19.4. The Morgan fingerprint density at radius 1 is 1.21 bits per heavy atom. The van der Waals surface area contributed by atoms with Crippen molar-refractivity contribution in [2.45, 2.75) is 12.7 Å². The zero-order valence-electron chi connectivity index (χ0n) is 12.4. The fourth-order valence-corrected chi connectivity index (χ4v) is 1.82. The number of carbonyl (C=O) groups is 2. The highest BCUT2D eigenvalue weighted by Gasteiger charge is 2.33. The first kappa shape index (κ1) is 17.3. The summed E-state index contributed by atoms with van der Waals surface area (Å²) in [5.74, 6) is -0.464. The first-order chi connectivity index (χ1) is 11.3. The molecule has 0 unspecified atom stereocenters. The lowest BCUT2D eigenvalue weighted by Crippen LogP contribution is -2.22. The number of nitrogens with zero attached hydrogens (tertiary/aromatic N) is 2. The van der Waals surface area contributed by atoms with Gasteiger partial charge in [0.25, 0.3) is 0 Å². The molecule has 0 aliphatic carbocycles. The number of benzene rings is 1. The minimum absolute atomic E-state index is 0.0703. The number of para-hydroxylation sites is 1. The first-order valence-electron chi connectivity index (χ1n) is 6.64. The van der Waals surface area contributed by atoms with Crippen molar-refractivity contribution < 1.29 is 27.5 Å². The van der Waals surface area contributed by atoms with E-state index in [0.717, 1.165) is 12.1 Å². The largest absolute Gasteiger partial charge is 0.468 e. The second-order valence-corrected chi connectivity index (χ2v) is 4.60. The monoisotopic (exact) mass is 342 g/mol. The quantitative estimate of drug-likeness (QED) is 0.837. The number of urea groups is 1. The van der Waals surface area contributed by atoms with Crippen LogP contribution in [0.25, 0.3) is 0 Å². The van der Waals surface area contributed by atoms with E-state index >= 15 is 0 Å². The van der Waals surface area contributed by atoms with Gasteiger partial charge in [0.1, 0.15) is 6.54 Å². The number of ether oxygens (including phenoxy) is 1. The number of nitrogens with one attached hydrogen (secondary N) is 2. The van der Waals surface area contributed by atoms with Crippen LogP contribution in [-0.2, 0) is 22.3 Å². The Morgan fingerprint density at radius 3 is 2.58 bits per heavy atom. The topological polar surface area (TPSA) is 85.2 Å². The van der Waals surface area contributed by atoms with Crippen molar-refractivity contribution in [1.29, 1.82) is 0 Å². The standard InChI is InChI=1S/C14H13F3N4O3/c1-24-12(22)8-21-7-6-11(20-21)19-13(23)18-10-5-3-2-4-9(10)14(15,16)17/h2-7H,8H2,1H3,(H2,18,19,20,23). The molecule has 2 N–H and O–H groups in total. The van der Waals surface area contributed by atoms with Crippen molar-refractivity contribution >= 4 is 23.5 Å². The van der Waals surface area contributed by atoms with E-state index in [0.29, 0.717) is 0 Å². The van der Waals surface area contributed by atoms with Crippen molar-refractivity contribution in [2.75, 3.05) is 17.7 Å². The number of hydrogen-bond donors (Lipinski definition) is 2. The summed E-state index contributed by atoms with van der Waals surface area (Å²) in [6, 6.07) is 5.09. The fourth-order valence-electron chi connectivity index (χ4n) is 1.82. The number of alkyl halides is 3. The second-order valence-electron chi connectivity index (χ2n) is 4.60. The summed E-state index contributed by atoms with van der Waals surface area (Å²) in [5.41, 5.74) is -1.34. The van der Waals surface area contributed by atoms with Crippen LogP contribution >= 0.6 is 0 Å². The van der Waals surface area contributed by atoms with E-state index < -0.39 is 23.7 Å². The number of carbonyl (C=O) groups excluding carboxylic acids is 2. The van der Waals surface area contributed by atoms with Gasteiger partial charge in [0.15, 0.2) is 5.82 Å². The number of methoxy groups -OCH3 is 1. The van der Waals surface area contributed by atoms with Gasteiger partial charge >= 0.3 is 18.2 Å². The van der Waals surface area contributed by atoms with Crippen LogP contribution < -0.4 is 10.6 Å². The molecule has 1 aromatic carbocycles. The molecule has 7 nitrogen and oxygen atoms in total. The summed E-state index contributed by atoms with van der Waals surface area (Å²) >= 11 is 0. The molecule has 10 heteroatoms. The molecule has 128 valence electrons. The van der Waals surface area contributed by atoms with Gasteiger partial charge in [0.05, 0.1) is 18.4 Å². The average Bonchev–Trinajstić information content (AvgIpc) is 2.93. The summed E-state index contributed by atoms with van der Waals surface area (Å²) in [7, 11) is 1.22. The number of amides is 2. The third kappa shape index (κ3) is 4.48. The lowest BCUT2D eigenvalue weighted by Gasteiger charge is -2.13. The summed E-state index contributed by atoms with van der Waals surface area (Å²) < 4.78 is 44.2. The van der Waals surface area contributed by atoms with Gasteiger partial charge in [0, 0.05) is 12.3 Å². The molecule has 0 radical (unpaired) electrons. The third-order valence-electron chi connectivity index (χ3n) is 2.88. The maximum Gasteiger partial charge on any atom is 0.418 e. The highest BCUT2D eigenvalue weighted by molar-refractivity contribution is 5.99. The van der Waals surface area contributed by atoms with E-state index in [4.69, 9.17) is 0 Å². The predicted octanol–water partition coefficient (Wildman–Crippen LogP) is 2.72. The number of hydrogen-bond acceptors (Lipinski definition) is 4. The Morgan fingerprint density at radius 2 is 1.92 bits per heavy atom. The van der Waals surface area contributed by atoms with Crippen molar-refractivity contribution in [1.82, 2.24) is 9.78 Å². The van der Waals surface area contributed by atoms with Gasteiger partial charge in [-0.2, -0.15) is 18.3 Å². The molecule has 1 heterocycles. The van der Waals surface area contributed by atoms with Crippen molar-refractivity contribution in [3.05, 3.63) is 42.1 Å². The average molecular weight is 342 g/mol. The molecule has 1 aromatic heterocycles. The Kier molecular flexibility index (Phi) is 5.07. The summed E-state index contributed by atoms with van der Waals surface area (Å²) in [6.45, 7) is -0.156. The molecule has 0 fully saturated rings. The molecule has 24 heavy (non-hydrogen) atoms. The number of halogens is 3. The van der Waals surface area contributed by atoms with Crippen LogP contribution in [0.3, 0.4) is 0 Å². The molecule has 2 amide bonds. The second kappa shape index (κ2) is 7.02. The van der Waals surface area contributed by atoms with E-state index in [2.05, 4.69) is 20.5 Å². The summed E-state index contributed by atoms with van der Waals surface area (Å²) in [5, 5.41) is 8.27. The van der Waals surface area contributed by atoms with Crippen LogP contribution in [0, 0.1) is 0 Å². The Labute approximate surface area is 134 Å². The molecule has 0 aliphatic rings. The fraction of sp³-hybridized carbons (Fsp3) is 0.214. The van der Waals surface area contributed by atoms with E-state index in [9.17, 15) is 22.8 Å². The van der Waals surface area contributed by atoms with Crippen molar-refractivity contribution in [3.63, 3.8) is 0 Å². The van der Waals surface area contributed by atoms with Gasteiger partial charge < -0.3 is 10.1 Å². The van der Waals surface area contributed by atoms with Gasteiger partial charge in [-0.05, 0) is 12.1 Å². The molecular formula is C14H13F3N4O3. The highest BCUT2D eigenvalue weighted by Crippen LogP contribution is 2.34. The van der Waals surface area contributed by atoms with E-state index in [1.165, 1.54) is 36.2 Å². The number of esters is 1. The van der Waals surface area contributed by atoms with Crippen LogP contribution in [0.15, 0.2) is 36.5 Å². The van der Waals surface area contributed by atoms with E-state index in [-0.39, 0.29) is 18.1 Å². The van der Waals surface area contributed by atoms with Gasteiger partial charge in [-0.15, -0.1) is 0 Å². The van der Waals surface area contributed by atoms with Gasteiger partial charge in [0.2, 0.25) is 0 Å². The normalized spacial score (nSPS) is 11.0. The zero-order valence-corrected chi connectivity index (χ0v) is 12.4. The van der Waals surface area contributed by atoms with E-state index in [1.54, 1.807) is 0 Å². The Hall–Kier alpha value is -3.04. The molecule has 0 aliphatic heterocycles. The van der Waals surface area contributed by atoms with E-state index in [1.807, 2.05) is 0 Å². The molecule has 2 aromatic rings.